The third-order valence-corrected chi connectivity index (χ3v) is 3.09. The lowest BCUT2D eigenvalue weighted by Crippen LogP contribution is -2.05. The topological polar surface area (TPSA) is 66.0 Å². The molecule has 18 heavy (non-hydrogen) atoms. The van der Waals surface area contributed by atoms with Gasteiger partial charge in [-0.25, -0.2) is 9.67 Å². The maximum Gasteiger partial charge on any atom is 0.164 e. The lowest BCUT2D eigenvalue weighted by Gasteiger charge is -2.07. The summed E-state index contributed by atoms with van der Waals surface area (Å²) in [5, 5.41) is 4.40. The first-order valence-corrected chi connectivity index (χ1v) is 6.11. The molecule has 1 aliphatic rings. The van der Waals surface area contributed by atoms with Crippen LogP contribution in [-0.4, -0.2) is 14.8 Å². The molecule has 1 heterocycles. The lowest BCUT2D eigenvalue weighted by molar-refractivity contribution is 0.291. The molecule has 3 rings (SSSR count). The SMILES string of the molecule is Cn1nc(C2CC2)nc1COc1ccccc1N. The van der Waals surface area contributed by atoms with E-state index >= 15 is 0 Å². The van der Waals surface area contributed by atoms with E-state index in [0.29, 0.717) is 24.0 Å². The van der Waals surface area contributed by atoms with Crippen LogP contribution in [0.15, 0.2) is 24.3 Å². The summed E-state index contributed by atoms with van der Waals surface area (Å²) in [6.07, 6.45) is 2.41. The van der Waals surface area contributed by atoms with Crippen LogP contribution in [0.1, 0.15) is 30.4 Å². The zero-order valence-corrected chi connectivity index (χ0v) is 10.3. The standard InChI is InChI=1S/C13H16N4O/c1-17-12(15-13(16-17)9-6-7-9)8-18-11-5-3-2-4-10(11)14/h2-5,9H,6-8,14H2,1H3. The van der Waals surface area contributed by atoms with Gasteiger partial charge in [0.05, 0.1) is 5.69 Å². The van der Waals surface area contributed by atoms with E-state index in [9.17, 15) is 0 Å². The largest absolute Gasteiger partial charge is 0.483 e. The first-order chi connectivity index (χ1) is 8.74. The Labute approximate surface area is 106 Å². The highest BCUT2D eigenvalue weighted by Gasteiger charge is 2.28. The van der Waals surface area contributed by atoms with Crippen molar-refractivity contribution in [1.82, 2.24) is 14.8 Å². The zero-order chi connectivity index (χ0) is 12.5. The van der Waals surface area contributed by atoms with Gasteiger partial charge in [-0.1, -0.05) is 12.1 Å². The van der Waals surface area contributed by atoms with E-state index in [2.05, 4.69) is 10.1 Å². The minimum absolute atomic E-state index is 0.393. The molecular weight excluding hydrogens is 228 g/mol. The second kappa shape index (κ2) is 4.33. The van der Waals surface area contributed by atoms with E-state index in [1.807, 2.05) is 31.3 Å². The molecule has 5 nitrogen and oxygen atoms in total. The van der Waals surface area contributed by atoms with Gasteiger partial charge in [0.15, 0.2) is 11.6 Å². The third kappa shape index (κ3) is 2.16. The predicted octanol–water partition coefficient (Wildman–Crippen LogP) is 1.85. The van der Waals surface area contributed by atoms with E-state index < -0.39 is 0 Å². The van der Waals surface area contributed by atoms with Crippen molar-refractivity contribution < 1.29 is 4.74 Å². The molecule has 0 bridgehead atoms. The summed E-state index contributed by atoms with van der Waals surface area (Å²) in [5.41, 5.74) is 6.46. The maximum atomic E-state index is 5.82. The highest BCUT2D eigenvalue weighted by atomic mass is 16.5. The van der Waals surface area contributed by atoms with Crippen LogP contribution in [-0.2, 0) is 13.7 Å². The van der Waals surface area contributed by atoms with Crippen molar-refractivity contribution in [1.29, 1.82) is 0 Å². The van der Waals surface area contributed by atoms with Crippen LogP contribution in [0.5, 0.6) is 5.75 Å². The number of aryl methyl sites for hydroxylation is 1. The third-order valence-electron chi connectivity index (χ3n) is 3.09. The molecule has 0 amide bonds. The number of anilines is 1. The molecule has 0 saturated heterocycles. The highest BCUT2D eigenvalue weighted by molar-refractivity contribution is 5.51. The number of hydrogen-bond acceptors (Lipinski definition) is 4. The van der Waals surface area contributed by atoms with E-state index in [-0.39, 0.29) is 0 Å². The Morgan fingerprint density at radius 2 is 2.17 bits per heavy atom. The molecule has 1 aliphatic carbocycles. The normalized spacial score (nSPS) is 14.7. The summed E-state index contributed by atoms with van der Waals surface area (Å²) in [7, 11) is 1.89. The number of hydrogen-bond donors (Lipinski definition) is 1. The Hall–Kier alpha value is -2.04. The van der Waals surface area contributed by atoms with Gasteiger partial charge in [-0.05, 0) is 25.0 Å². The quantitative estimate of drug-likeness (QED) is 0.833. The Balaban J connectivity index is 1.71. The van der Waals surface area contributed by atoms with Gasteiger partial charge in [0.1, 0.15) is 12.4 Å². The fourth-order valence-corrected chi connectivity index (χ4v) is 1.83. The van der Waals surface area contributed by atoms with E-state index in [4.69, 9.17) is 10.5 Å². The number of nitrogens with zero attached hydrogens (tertiary/aromatic N) is 3. The first kappa shape index (κ1) is 11.1. The molecule has 1 fully saturated rings. The van der Waals surface area contributed by atoms with Crippen LogP contribution in [0, 0.1) is 0 Å². The monoisotopic (exact) mass is 244 g/mol. The average molecular weight is 244 g/mol. The van der Waals surface area contributed by atoms with Gasteiger partial charge in [0.25, 0.3) is 0 Å². The van der Waals surface area contributed by atoms with E-state index in [1.165, 1.54) is 12.8 Å². The van der Waals surface area contributed by atoms with Crippen molar-refractivity contribution in [3.63, 3.8) is 0 Å². The molecule has 2 aromatic rings. The van der Waals surface area contributed by atoms with Crippen LogP contribution in [0.25, 0.3) is 0 Å². The molecule has 0 unspecified atom stereocenters. The number of benzene rings is 1. The van der Waals surface area contributed by atoms with Gasteiger partial charge in [-0.2, -0.15) is 5.10 Å². The van der Waals surface area contributed by atoms with E-state index in [1.54, 1.807) is 4.68 Å². The molecule has 0 aliphatic heterocycles. The summed E-state index contributed by atoms with van der Waals surface area (Å²) in [6.45, 7) is 0.393. The number of aromatic nitrogens is 3. The average Bonchev–Trinajstić information content (AvgIpc) is 3.14. The summed E-state index contributed by atoms with van der Waals surface area (Å²) in [5.74, 6) is 3.03. The van der Waals surface area contributed by atoms with Gasteiger partial charge in [0, 0.05) is 13.0 Å². The van der Waals surface area contributed by atoms with Crippen molar-refractivity contribution in [2.45, 2.75) is 25.4 Å². The van der Waals surface area contributed by atoms with Crippen LogP contribution in [0.2, 0.25) is 0 Å². The van der Waals surface area contributed by atoms with Crippen molar-refractivity contribution in [2.24, 2.45) is 7.05 Å². The first-order valence-electron chi connectivity index (χ1n) is 6.11. The number of para-hydroxylation sites is 2. The predicted molar refractivity (Wildman–Crippen MR) is 68.2 cm³/mol. The van der Waals surface area contributed by atoms with Crippen molar-refractivity contribution in [3.05, 3.63) is 35.9 Å². The van der Waals surface area contributed by atoms with Gasteiger partial charge in [-0.15, -0.1) is 0 Å². The fraction of sp³-hybridized carbons (Fsp3) is 0.385. The maximum absolute atomic E-state index is 5.82. The molecule has 5 heteroatoms. The highest BCUT2D eigenvalue weighted by Crippen LogP contribution is 2.38. The minimum atomic E-state index is 0.393. The summed E-state index contributed by atoms with van der Waals surface area (Å²) in [4.78, 5) is 4.50. The number of nitrogens with two attached hydrogens (primary N) is 1. The van der Waals surface area contributed by atoms with Crippen molar-refractivity contribution in [3.8, 4) is 5.75 Å². The Bertz CT molecular complexity index is 560. The van der Waals surface area contributed by atoms with Gasteiger partial charge < -0.3 is 10.5 Å². The van der Waals surface area contributed by atoms with Crippen molar-refractivity contribution in [2.75, 3.05) is 5.73 Å². The number of ether oxygens (including phenoxy) is 1. The second-order valence-electron chi connectivity index (χ2n) is 4.61. The molecule has 1 aromatic carbocycles. The fourth-order valence-electron chi connectivity index (χ4n) is 1.83. The van der Waals surface area contributed by atoms with Gasteiger partial charge in [-0.3, -0.25) is 0 Å². The van der Waals surface area contributed by atoms with Crippen LogP contribution >= 0.6 is 0 Å². The summed E-state index contributed by atoms with van der Waals surface area (Å²) < 4.78 is 7.45. The molecule has 0 atom stereocenters. The smallest absolute Gasteiger partial charge is 0.164 e. The molecule has 0 radical (unpaired) electrons. The number of rotatable bonds is 4. The van der Waals surface area contributed by atoms with E-state index in [0.717, 1.165) is 11.6 Å². The number of nitrogen functional groups attached to an aromatic ring is 1. The second-order valence-corrected chi connectivity index (χ2v) is 4.61. The van der Waals surface area contributed by atoms with Gasteiger partial charge in [0.2, 0.25) is 0 Å². The summed E-state index contributed by atoms with van der Waals surface area (Å²) >= 11 is 0. The summed E-state index contributed by atoms with van der Waals surface area (Å²) in [6, 6.07) is 7.46. The van der Waals surface area contributed by atoms with Crippen molar-refractivity contribution >= 4 is 5.69 Å². The Morgan fingerprint density at radius 3 is 2.89 bits per heavy atom. The van der Waals surface area contributed by atoms with Crippen LogP contribution in [0.4, 0.5) is 5.69 Å². The molecule has 1 saturated carbocycles. The van der Waals surface area contributed by atoms with Crippen LogP contribution in [0.3, 0.4) is 0 Å². The molecule has 2 N–H and O–H groups in total. The minimum Gasteiger partial charge on any atom is -0.483 e. The molecule has 1 aromatic heterocycles. The molecule has 0 spiro atoms. The Kier molecular flexibility index (Phi) is 2.66. The lowest BCUT2D eigenvalue weighted by atomic mass is 10.3. The zero-order valence-electron chi connectivity index (χ0n) is 10.3. The molecule has 94 valence electrons. The Morgan fingerprint density at radius 1 is 1.39 bits per heavy atom. The van der Waals surface area contributed by atoms with Gasteiger partial charge >= 0.3 is 0 Å². The van der Waals surface area contributed by atoms with Crippen LogP contribution < -0.4 is 10.5 Å². The molecular formula is C13H16N4O.